The van der Waals surface area contributed by atoms with Gasteiger partial charge in [-0.2, -0.15) is 0 Å². The highest BCUT2D eigenvalue weighted by Gasteiger charge is 2.75. The Hall–Kier alpha value is -8.60. The van der Waals surface area contributed by atoms with Gasteiger partial charge in [-0.3, -0.25) is 4.90 Å². The summed E-state index contributed by atoms with van der Waals surface area (Å²) in [5.74, 6) is 0.964. The lowest BCUT2D eigenvalue weighted by molar-refractivity contribution is -0.370. The molecule has 3 nitrogen and oxygen atoms in total. The molecule has 0 radical (unpaired) electrons. The topological polar surface area (TPSA) is 40.1 Å². The molecule has 1 fully saturated rings. The number of hydrogen-bond acceptors (Lipinski definition) is 2. The summed E-state index contributed by atoms with van der Waals surface area (Å²) in [4.78, 5) is 2.93. The van der Waals surface area contributed by atoms with Crippen LogP contribution in [0.2, 0.25) is 0 Å². The third-order valence-electron chi connectivity index (χ3n) is 26.5. The fraction of sp³-hybridized carbons (Fsp3) is 0.0986. The van der Waals surface area contributed by atoms with Crippen LogP contribution in [-0.2, 0) is 10.8 Å². The SMILES string of the molecule is CN1CC23c4c5c6c7c8c9c(c%10c%11c2c2c4c4c%12c5c5c6c6c8c8c%13c9c9c%10c%10c%11c%11c2c2c4c4c%12c%12c5c5c6c8c6c8c%13c9c9c%10c%10c%11c2c2c4c4c%12c5c6c5c8c9c%10c2c45)C73C1c1ccc(OCC[NH3+])cc1. The van der Waals surface area contributed by atoms with Crippen molar-refractivity contribution in [3.8, 4) is 5.75 Å². The van der Waals surface area contributed by atoms with Crippen LogP contribution < -0.4 is 10.5 Å². The van der Waals surface area contributed by atoms with Crippen LogP contribution in [0.5, 0.6) is 5.75 Å². The molecule has 29 aromatic rings. The standard InChI is InChI=1S/C71H16N2O/c1-73-8-70-65-57-49-39-29-21-13-11-12-15-19-17(13)25-33-27(19)37-31-23(15)24-16(12)20-18-14(11)22(21)30-36-26(18)34-28(20)38-32(24)42-41(31)53-47(37)55-45(33)51(43(49)35(25)29)59(65)61(55)67-63(53)64-54(42)48(38)56-46(34)52-44(36)50(40(30)39)58(57)66(70)60(52)62(56)68(64)71(67,70)69(73)9-2-4-10(5-3-9)74-7-6-72/h2-5,69H,6-8,72H2,1H3/p+1. The number of likely N-dealkylation sites (tertiary alicyclic amines) is 1. The van der Waals surface area contributed by atoms with Crippen molar-refractivity contribution < 1.29 is 10.5 Å². The number of rotatable bonds is 4. The molecular weight excluding hydrogens is 897 g/mol. The fourth-order valence-electron chi connectivity index (χ4n) is 26.5. The van der Waals surface area contributed by atoms with Gasteiger partial charge in [0, 0.05) is 12.6 Å². The van der Waals surface area contributed by atoms with Gasteiger partial charge in [0.2, 0.25) is 0 Å². The number of hydrogen-bond donors (Lipinski definition) is 1. The van der Waals surface area contributed by atoms with Crippen LogP contribution in [0.15, 0.2) is 24.3 Å². The number of benzene rings is 19. The van der Waals surface area contributed by atoms with Gasteiger partial charge in [0.1, 0.15) is 18.9 Å². The number of likely N-dealkylation sites (N-methyl/N-ethyl adjacent to an activating group) is 1. The Balaban J connectivity index is 1.10. The molecule has 1 heterocycles. The first kappa shape index (κ1) is 28.6. The average Bonchev–Trinajstić information content (AvgIpc) is 2.50. The number of ether oxygens (including phenoxy) is 1. The first-order valence-corrected chi connectivity index (χ1v) is 27.8. The summed E-state index contributed by atoms with van der Waals surface area (Å²) in [6.45, 7) is 2.43. The van der Waals surface area contributed by atoms with Crippen LogP contribution in [0.1, 0.15) is 33.9 Å². The number of quaternary nitrogens is 1. The van der Waals surface area contributed by atoms with Crippen LogP contribution >= 0.6 is 0 Å². The second kappa shape index (κ2) is 6.64. The van der Waals surface area contributed by atoms with E-state index in [9.17, 15) is 0 Å². The highest BCUT2D eigenvalue weighted by Crippen LogP contribution is 2.87. The molecule has 74 heavy (non-hydrogen) atoms. The van der Waals surface area contributed by atoms with Crippen molar-refractivity contribution in [2.24, 2.45) is 0 Å². The molecule has 1 aliphatic heterocycles. The van der Waals surface area contributed by atoms with E-state index in [1.54, 1.807) is 313 Å². The summed E-state index contributed by atoms with van der Waals surface area (Å²) in [7, 11) is 2.56. The van der Waals surface area contributed by atoms with Crippen LogP contribution in [0.3, 0.4) is 0 Å². The van der Waals surface area contributed by atoms with E-state index in [1.165, 1.54) is 5.56 Å². The molecule has 0 bridgehead atoms. The lowest BCUT2D eigenvalue weighted by Crippen LogP contribution is -2.52. The third kappa shape index (κ3) is 1.56. The molecular formula is C71H17N2O+. The molecule has 1 unspecified atom stereocenters. The van der Waals surface area contributed by atoms with E-state index in [2.05, 4.69) is 41.9 Å². The molecule has 5 aliphatic rings. The molecule has 316 valence electrons. The van der Waals surface area contributed by atoms with Crippen molar-refractivity contribution in [3.05, 3.63) is 52.1 Å². The Morgan fingerprint density at radius 3 is 0.784 bits per heavy atom. The van der Waals surface area contributed by atoms with Gasteiger partial charge >= 0.3 is 0 Å². The summed E-state index contributed by atoms with van der Waals surface area (Å²) in [6, 6.07) is 9.76. The Bertz CT molecular complexity index is 7300. The van der Waals surface area contributed by atoms with Crippen molar-refractivity contribution in [3.63, 3.8) is 0 Å². The number of nitrogens with zero attached hydrogens (tertiary/aromatic N) is 1. The van der Waals surface area contributed by atoms with Crippen LogP contribution in [-0.4, -0.2) is 31.6 Å². The molecule has 29 aromatic carbocycles. The van der Waals surface area contributed by atoms with Gasteiger partial charge in [-0.1, -0.05) is 12.1 Å². The molecule has 0 amide bonds. The molecule has 34 rings (SSSR count). The largest absolute Gasteiger partial charge is 0.488 e. The maximum atomic E-state index is 6.37. The third-order valence-corrected chi connectivity index (χ3v) is 26.5. The van der Waals surface area contributed by atoms with Crippen molar-refractivity contribution in [1.29, 1.82) is 0 Å². The van der Waals surface area contributed by atoms with Gasteiger partial charge in [-0.25, -0.2) is 0 Å². The zero-order valence-electron chi connectivity index (χ0n) is 38.6. The molecule has 1 atom stereocenters. The smallest absolute Gasteiger partial charge is 0.137 e. The van der Waals surface area contributed by atoms with E-state index in [1.807, 2.05) is 0 Å². The molecule has 2 spiro atoms. The lowest BCUT2D eigenvalue weighted by Gasteiger charge is -2.52. The maximum Gasteiger partial charge on any atom is 0.137 e. The van der Waals surface area contributed by atoms with Gasteiger partial charge < -0.3 is 10.5 Å². The quantitative estimate of drug-likeness (QED) is 0.179. The summed E-state index contributed by atoms with van der Waals surface area (Å²) < 4.78 is 6.37. The zero-order chi connectivity index (χ0) is 44.5. The predicted molar refractivity (Wildman–Crippen MR) is 309 cm³/mol. The second-order valence-electron chi connectivity index (χ2n) is 27.1. The van der Waals surface area contributed by atoms with E-state index in [-0.39, 0.29) is 16.9 Å². The minimum absolute atomic E-state index is 0.125. The van der Waals surface area contributed by atoms with Gasteiger partial charge in [-0.15, -0.1) is 0 Å². The lowest BCUT2D eigenvalue weighted by atomic mass is 9.47. The van der Waals surface area contributed by atoms with Gasteiger partial charge in [0.05, 0.1) is 10.8 Å². The monoisotopic (exact) mass is 913 g/mol. The summed E-state index contributed by atoms with van der Waals surface area (Å²) >= 11 is 0. The summed E-state index contributed by atoms with van der Waals surface area (Å²) in [6.07, 6.45) is 0. The Morgan fingerprint density at radius 1 is 0.338 bits per heavy atom. The minimum atomic E-state index is -0.344. The van der Waals surface area contributed by atoms with E-state index >= 15 is 0 Å². The normalized spacial score (nSPS) is 23.2. The van der Waals surface area contributed by atoms with Gasteiger partial charge in [-0.05, 0) is 338 Å². The van der Waals surface area contributed by atoms with Gasteiger partial charge in [0.15, 0.2) is 0 Å². The van der Waals surface area contributed by atoms with Crippen LogP contribution in [0.25, 0.3) is 291 Å². The van der Waals surface area contributed by atoms with Crippen molar-refractivity contribution in [2.45, 2.75) is 16.9 Å². The Labute approximate surface area is 405 Å². The van der Waals surface area contributed by atoms with E-state index in [0.29, 0.717) is 6.61 Å². The zero-order valence-corrected chi connectivity index (χ0v) is 38.6. The van der Waals surface area contributed by atoms with E-state index in [4.69, 9.17) is 4.74 Å². The summed E-state index contributed by atoms with van der Waals surface area (Å²) in [5.41, 5.74) is 12.0. The fourth-order valence-corrected chi connectivity index (χ4v) is 26.5. The maximum absolute atomic E-state index is 6.37. The van der Waals surface area contributed by atoms with Crippen molar-refractivity contribution in [2.75, 3.05) is 26.7 Å². The first-order valence-electron chi connectivity index (χ1n) is 27.8. The minimum Gasteiger partial charge on any atom is -0.488 e. The van der Waals surface area contributed by atoms with Gasteiger partial charge in [0.25, 0.3) is 0 Å². The van der Waals surface area contributed by atoms with Crippen LogP contribution in [0, 0.1) is 0 Å². The Kier molecular flexibility index (Phi) is 2.57. The van der Waals surface area contributed by atoms with Crippen molar-refractivity contribution >= 4 is 291 Å². The predicted octanol–water partition coefficient (Wildman–Crippen LogP) is 16.6. The molecule has 0 aromatic heterocycles. The van der Waals surface area contributed by atoms with Crippen LogP contribution in [0.4, 0.5) is 0 Å². The van der Waals surface area contributed by atoms with E-state index < -0.39 is 0 Å². The average molecular weight is 914 g/mol. The van der Waals surface area contributed by atoms with Crippen molar-refractivity contribution in [1.82, 2.24) is 4.90 Å². The molecule has 1 saturated heterocycles. The molecule has 0 saturated carbocycles. The summed E-state index contributed by atoms with van der Waals surface area (Å²) in [5, 5.41) is 89.8. The van der Waals surface area contributed by atoms with E-state index in [0.717, 1.165) is 18.8 Å². The highest BCUT2D eigenvalue weighted by molar-refractivity contribution is 6.82. The highest BCUT2D eigenvalue weighted by atomic mass is 16.5. The molecule has 4 aliphatic carbocycles. The molecule has 3 N–H and O–H groups in total. The first-order chi connectivity index (χ1) is 36.8. The Morgan fingerprint density at radius 2 is 0.554 bits per heavy atom. The second-order valence-corrected chi connectivity index (χ2v) is 27.1. The molecule has 3 heteroatoms.